The lowest BCUT2D eigenvalue weighted by molar-refractivity contribution is 0.380. The van der Waals surface area contributed by atoms with E-state index in [4.69, 9.17) is 4.74 Å². The van der Waals surface area contributed by atoms with Gasteiger partial charge in [0, 0.05) is 24.7 Å². The van der Waals surface area contributed by atoms with Crippen LogP contribution in [0, 0.1) is 6.92 Å². The van der Waals surface area contributed by atoms with Gasteiger partial charge >= 0.3 is 6.01 Å². The summed E-state index contributed by atoms with van der Waals surface area (Å²) in [7, 11) is 3.63. The smallest absolute Gasteiger partial charge is 0.318 e. The summed E-state index contributed by atoms with van der Waals surface area (Å²) in [5.74, 6) is 0. The molecule has 1 unspecified atom stereocenters. The molecule has 19 heavy (non-hydrogen) atoms. The van der Waals surface area contributed by atoms with Gasteiger partial charge in [-0.3, -0.25) is 0 Å². The molecule has 1 N–H and O–H groups in total. The molecule has 5 heteroatoms. The molecule has 1 aliphatic heterocycles. The standard InChI is InChI=1S/C14H20N4O/c1-9-12-10(7-11-5-4-6-15-11)8-18(2)13(12)17-14(16-9)19-3/h8,11,15H,4-7H2,1-3H3. The van der Waals surface area contributed by atoms with E-state index >= 15 is 0 Å². The molecule has 0 amide bonds. The van der Waals surface area contributed by atoms with Gasteiger partial charge in [0.05, 0.1) is 12.8 Å². The maximum Gasteiger partial charge on any atom is 0.318 e. The minimum atomic E-state index is 0.441. The number of ether oxygens (including phenoxy) is 1. The number of rotatable bonds is 3. The summed E-state index contributed by atoms with van der Waals surface area (Å²) in [5.41, 5.74) is 3.28. The summed E-state index contributed by atoms with van der Waals surface area (Å²) in [5, 5.41) is 4.72. The molecule has 1 fully saturated rings. The van der Waals surface area contributed by atoms with Crippen molar-refractivity contribution in [1.82, 2.24) is 19.9 Å². The summed E-state index contributed by atoms with van der Waals surface area (Å²) in [6.07, 6.45) is 5.75. The summed E-state index contributed by atoms with van der Waals surface area (Å²) in [6.45, 7) is 3.16. The molecule has 0 spiro atoms. The molecular formula is C14H20N4O. The van der Waals surface area contributed by atoms with Gasteiger partial charge in [-0.1, -0.05) is 0 Å². The van der Waals surface area contributed by atoms with Gasteiger partial charge in [0.2, 0.25) is 0 Å². The Hall–Kier alpha value is -1.62. The molecule has 3 heterocycles. The Labute approximate surface area is 113 Å². The third-order valence-corrected chi connectivity index (χ3v) is 3.87. The van der Waals surface area contributed by atoms with Crippen LogP contribution in [0.1, 0.15) is 24.1 Å². The van der Waals surface area contributed by atoms with Gasteiger partial charge in [0.15, 0.2) is 0 Å². The van der Waals surface area contributed by atoms with E-state index in [9.17, 15) is 0 Å². The molecule has 0 aromatic carbocycles. The highest BCUT2D eigenvalue weighted by Gasteiger charge is 2.19. The van der Waals surface area contributed by atoms with Crippen molar-refractivity contribution in [2.45, 2.75) is 32.2 Å². The Morgan fingerprint density at radius 3 is 3.00 bits per heavy atom. The first-order valence-electron chi connectivity index (χ1n) is 6.79. The molecule has 5 nitrogen and oxygen atoms in total. The second-order valence-electron chi connectivity index (χ2n) is 5.26. The summed E-state index contributed by atoms with van der Waals surface area (Å²) in [4.78, 5) is 8.86. The zero-order valence-electron chi connectivity index (χ0n) is 11.7. The van der Waals surface area contributed by atoms with Crippen molar-refractivity contribution < 1.29 is 4.74 Å². The predicted octanol–water partition coefficient (Wildman–Crippen LogP) is 1.58. The molecule has 0 radical (unpaired) electrons. The zero-order valence-corrected chi connectivity index (χ0v) is 11.7. The van der Waals surface area contributed by atoms with Crippen molar-refractivity contribution in [2.75, 3.05) is 13.7 Å². The van der Waals surface area contributed by atoms with Crippen molar-refractivity contribution >= 4 is 11.0 Å². The number of nitrogens with zero attached hydrogens (tertiary/aromatic N) is 3. The lowest BCUT2D eigenvalue weighted by Crippen LogP contribution is -2.23. The summed E-state index contributed by atoms with van der Waals surface area (Å²) >= 11 is 0. The molecule has 1 atom stereocenters. The molecule has 102 valence electrons. The van der Waals surface area contributed by atoms with Crippen LogP contribution in [-0.4, -0.2) is 34.2 Å². The van der Waals surface area contributed by atoms with Gasteiger partial charge in [-0.2, -0.15) is 9.97 Å². The summed E-state index contributed by atoms with van der Waals surface area (Å²) < 4.78 is 7.22. The number of hydrogen-bond acceptors (Lipinski definition) is 4. The van der Waals surface area contributed by atoms with Crippen molar-refractivity contribution in [3.8, 4) is 6.01 Å². The number of fused-ring (bicyclic) bond motifs is 1. The summed E-state index contributed by atoms with van der Waals surface area (Å²) in [6, 6.07) is 1.03. The number of methoxy groups -OCH3 is 1. The average Bonchev–Trinajstić information content (AvgIpc) is 2.99. The van der Waals surface area contributed by atoms with Crippen LogP contribution in [0.15, 0.2) is 6.20 Å². The highest BCUT2D eigenvalue weighted by atomic mass is 16.5. The fourth-order valence-electron chi connectivity index (χ4n) is 2.97. The van der Waals surface area contributed by atoms with Gasteiger partial charge in [0.25, 0.3) is 0 Å². The first-order chi connectivity index (χ1) is 9.19. The minimum Gasteiger partial charge on any atom is -0.467 e. The third-order valence-electron chi connectivity index (χ3n) is 3.87. The second-order valence-corrected chi connectivity index (χ2v) is 5.26. The van der Waals surface area contributed by atoms with E-state index < -0.39 is 0 Å². The monoisotopic (exact) mass is 260 g/mol. The highest BCUT2D eigenvalue weighted by molar-refractivity contribution is 5.83. The Morgan fingerprint density at radius 2 is 2.32 bits per heavy atom. The van der Waals surface area contributed by atoms with Crippen LogP contribution in [0.5, 0.6) is 6.01 Å². The highest BCUT2D eigenvalue weighted by Crippen LogP contribution is 2.26. The van der Waals surface area contributed by atoms with Crippen molar-refractivity contribution in [1.29, 1.82) is 0 Å². The van der Waals surface area contributed by atoms with Gasteiger partial charge in [-0.25, -0.2) is 0 Å². The van der Waals surface area contributed by atoms with Crippen LogP contribution in [0.2, 0.25) is 0 Å². The molecule has 0 saturated carbocycles. The third kappa shape index (κ3) is 2.18. The Kier molecular flexibility index (Phi) is 3.14. The Bertz CT molecular complexity index is 599. The lowest BCUT2D eigenvalue weighted by Gasteiger charge is -2.09. The molecular weight excluding hydrogens is 240 g/mol. The molecule has 2 aromatic heterocycles. The number of aromatic nitrogens is 3. The fraction of sp³-hybridized carbons (Fsp3) is 0.571. The van der Waals surface area contributed by atoms with Crippen LogP contribution in [0.25, 0.3) is 11.0 Å². The maximum atomic E-state index is 5.15. The minimum absolute atomic E-state index is 0.441. The van der Waals surface area contributed by atoms with Crippen molar-refractivity contribution in [2.24, 2.45) is 7.05 Å². The first kappa shape index (κ1) is 12.4. The van der Waals surface area contributed by atoms with Crippen LogP contribution in [-0.2, 0) is 13.5 Å². The molecule has 1 saturated heterocycles. The van der Waals surface area contributed by atoms with Crippen molar-refractivity contribution in [3.63, 3.8) is 0 Å². The SMILES string of the molecule is COc1nc(C)c2c(CC3CCCN3)cn(C)c2n1. The zero-order chi connectivity index (χ0) is 13.4. The van der Waals surface area contributed by atoms with Crippen molar-refractivity contribution in [3.05, 3.63) is 17.5 Å². The molecule has 0 aliphatic carbocycles. The van der Waals surface area contributed by atoms with E-state index in [0.717, 1.165) is 24.3 Å². The Morgan fingerprint density at radius 1 is 1.47 bits per heavy atom. The molecule has 0 bridgehead atoms. The normalized spacial score (nSPS) is 19.2. The number of aryl methyl sites for hydroxylation is 2. The van der Waals surface area contributed by atoms with E-state index in [0.29, 0.717) is 12.1 Å². The number of nitrogens with one attached hydrogen (secondary N) is 1. The van der Waals surface area contributed by atoms with Crippen LogP contribution < -0.4 is 10.1 Å². The van der Waals surface area contributed by atoms with E-state index in [1.54, 1.807) is 7.11 Å². The lowest BCUT2D eigenvalue weighted by atomic mass is 10.0. The Balaban J connectivity index is 2.05. The van der Waals surface area contributed by atoms with Gasteiger partial charge in [0.1, 0.15) is 5.65 Å². The van der Waals surface area contributed by atoms with Crippen LogP contribution >= 0.6 is 0 Å². The molecule has 2 aromatic rings. The topological polar surface area (TPSA) is 52.0 Å². The number of hydrogen-bond donors (Lipinski definition) is 1. The van der Waals surface area contributed by atoms with Gasteiger partial charge in [-0.15, -0.1) is 0 Å². The average molecular weight is 260 g/mol. The second kappa shape index (κ2) is 4.81. The fourth-order valence-corrected chi connectivity index (χ4v) is 2.97. The maximum absolute atomic E-state index is 5.15. The van der Waals surface area contributed by atoms with Gasteiger partial charge in [-0.05, 0) is 38.3 Å². The van der Waals surface area contributed by atoms with E-state index in [-0.39, 0.29) is 0 Å². The predicted molar refractivity (Wildman–Crippen MR) is 74.5 cm³/mol. The molecule has 1 aliphatic rings. The van der Waals surface area contributed by atoms with Crippen LogP contribution in [0.3, 0.4) is 0 Å². The largest absolute Gasteiger partial charge is 0.467 e. The quantitative estimate of drug-likeness (QED) is 0.910. The first-order valence-corrected chi connectivity index (χ1v) is 6.79. The van der Waals surface area contributed by atoms with E-state index in [1.807, 2.05) is 14.0 Å². The van der Waals surface area contributed by atoms with E-state index in [1.165, 1.54) is 23.8 Å². The van der Waals surface area contributed by atoms with Gasteiger partial charge < -0.3 is 14.6 Å². The van der Waals surface area contributed by atoms with Crippen LogP contribution in [0.4, 0.5) is 0 Å². The molecule has 3 rings (SSSR count). The van der Waals surface area contributed by atoms with E-state index in [2.05, 4.69) is 26.0 Å².